The number of hydrogen-bond donors (Lipinski definition) is 1. The van der Waals surface area contributed by atoms with E-state index < -0.39 is 0 Å². The van der Waals surface area contributed by atoms with Crippen LogP contribution in [0.5, 0.6) is 0 Å². The van der Waals surface area contributed by atoms with Gasteiger partial charge in [-0.1, -0.05) is 11.6 Å². The molecule has 0 radical (unpaired) electrons. The predicted octanol–water partition coefficient (Wildman–Crippen LogP) is 1.84. The zero-order chi connectivity index (χ0) is 11.4. The van der Waals surface area contributed by atoms with Gasteiger partial charge in [-0.25, -0.2) is 9.97 Å². The normalized spacial score (nSPS) is 10.1. The van der Waals surface area contributed by atoms with E-state index in [2.05, 4.69) is 25.3 Å². The third-order valence-electron chi connectivity index (χ3n) is 1.88. The molecule has 5 nitrogen and oxygen atoms in total. The second-order valence-electron chi connectivity index (χ2n) is 3.23. The van der Waals surface area contributed by atoms with Gasteiger partial charge < -0.3 is 5.32 Å². The average molecular weight is 236 g/mol. The minimum absolute atomic E-state index is 0.515. The lowest BCUT2D eigenvalue weighted by atomic mass is 10.4. The van der Waals surface area contributed by atoms with Crippen LogP contribution in [-0.2, 0) is 6.54 Å². The van der Waals surface area contributed by atoms with Crippen molar-refractivity contribution in [1.29, 1.82) is 0 Å². The molecular weight excluding hydrogens is 226 g/mol. The van der Waals surface area contributed by atoms with Gasteiger partial charge in [-0.2, -0.15) is 0 Å². The summed E-state index contributed by atoms with van der Waals surface area (Å²) in [7, 11) is 0. The number of aromatic nitrogens is 4. The average Bonchev–Trinajstić information content (AvgIpc) is 2.30. The van der Waals surface area contributed by atoms with Gasteiger partial charge in [-0.05, 0) is 6.92 Å². The lowest BCUT2D eigenvalue weighted by Crippen LogP contribution is -2.05. The first-order chi connectivity index (χ1) is 7.74. The van der Waals surface area contributed by atoms with Crippen molar-refractivity contribution in [3.63, 3.8) is 0 Å². The highest BCUT2D eigenvalue weighted by molar-refractivity contribution is 6.30. The third-order valence-corrected chi connectivity index (χ3v) is 2.08. The Labute approximate surface area is 98.0 Å². The van der Waals surface area contributed by atoms with Crippen molar-refractivity contribution < 1.29 is 0 Å². The van der Waals surface area contributed by atoms with Gasteiger partial charge >= 0.3 is 0 Å². The van der Waals surface area contributed by atoms with Crippen molar-refractivity contribution in [3.05, 3.63) is 41.2 Å². The minimum atomic E-state index is 0.515. The minimum Gasteiger partial charge on any atom is -0.349 e. The van der Waals surface area contributed by atoms with Crippen LogP contribution in [-0.4, -0.2) is 19.9 Å². The molecule has 2 heterocycles. The molecule has 0 spiro atoms. The van der Waals surface area contributed by atoms with Crippen LogP contribution in [0.2, 0.25) is 5.02 Å². The van der Waals surface area contributed by atoms with Gasteiger partial charge in [0.1, 0.15) is 0 Å². The number of anilines is 1. The summed E-state index contributed by atoms with van der Waals surface area (Å²) in [6, 6.07) is 0. The molecule has 0 aliphatic carbocycles. The van der Waals surface area contributed by atoms with Crippen molar-refractivity contribution in [2.45, 2.75) is 13.5 Å². The van der Waals surface area contributed by atoms with Gasteiger partial charge in [0.2, 0.25) is 5.95 Å². The highest BCUT2D eigenvalue weighted by Crippen LogP contribution is 2.06. The molecule has 2 aromatic heterocycles. The predicted molar refractivity (Wildman–Crippen MR) is 61.1 cm³/mol. The summed E-state index contributed by atoms with van der Waals surface area (Å²) in [5.74, 6) is 0.520. The molecular formula is C10H10ClN5. The summed E-state index contributed by atoms with van der Waals surface area (Å²) in [5, 5.41) is 3.54. The number of hydrogen-bond acceptors (Lipinski definition) is 5. The topological polar surface area (TPSA) is 63.6 Å². The molecule has 6 heteroatoms. The fourth-order valence-corrected chi connectivity index (χ4v) is 1.18. The molecule has 2 aromatic rings. The zero-order valence-electron chi connectivity index (χ0n) is 8.68. The number of rotatable bonds is 3. The molecule has 0 amide bonds. The standard InChI is InChI=1S/C10H10ClN5/c1-7-2-13-9(5-12-7)6-16-10-14-3-8(11)4-15-10/h2-5H,6H2,1H3,(H,14,15,16). The van der Waals surface area contributed by atoms with Crippen LogP contribution in [0.4, 0.5) is 5.95 Å². The van der Waals surface area contributed by atoms with E-state index in [0.717, 1.165) is 11.4 Å². The van der Waals surface area contributed by atoms with E-state index in [0.29, 0.717) is 17.5 Å². The maximum atomic E-state index is 5.67. The Hall–Kier alpha value is -1.75. The van der Waals surface area contributed by atoms with Gasteiger partial charge in [0, 0.05) is 6.20 Å². The summed E-state index contributed by atoms with van der Waals surface area (Å²) in [4.78, 5) is 16.4. The van der Waals surface area contributed by atoms with Crippen LogP contribution in [0.15, 0.2) is 24.8 Å². The van der Waals surface area contributed by atoms with Crippen LogP contribution < -0.4 is 5.32 Å². The molecule has 0 bridgehead atoms. The smallest absolute Gasteiger partial charge is 0.222 e. The highest BCUT2D eigenvalue weighted by atomic mass is 35.5. The van der Waals surface area contributed by atoms with Crippen molar-refractivity contribution in [3.8, 4) is 0 Å². The molecule has 1 N–H and O–H groups in total. The zero-order valence-corrected chi connectivity index (χ0v) is 9.44. The van der Waals surface area contributed by atoms with E-state index in [1.807, 2.05) is 6.92 Å². The van der Waals surface area contributed by atoms with Crippen molar-refractivity contribution >= 4 is 17.5 Å². The van der Waals surface area contributed by atoms with E-state index in [4.69, 9.17) is 11.6 Å². The molecule has 2 rings (SSSR count). The molecule has 16 heavy (non-hydrogen) atoms. The number of halogens is 1. The summed E-state index contributed by atoms with van der Waals surface area (Å²) < 4.78 is 0. The largest absolute Gasteiger partial charge is 0.349 e. The van der Waals surface area contributed by atoms with Crippen molar-refractivity contribution in [2.24, 2.45) is 0 Å². The molecule has 82 valence electrons. The SMILES string of the molecule is Cc1cnc(CNc2ncc(Cl)cn2)cn1. The van der Waals surface area contributed by atoms with E-state index >= 15 is 0 Å². The molecule has 0 aliphatic rings. The highest BCUT2D eigenvalue weighted by Gasteiger charge is 1.98. The fourth-order valence-electron chi connectivity index (χ4n) is 1.08. The van der Waals surface area contributed by atoms with Gasteiger partial charge in [0.25, 0.3) is 0 Å². The second kappa shape index (κ2) is 4.85. The van der Waals surface area contributed by atoms with Crippen molar-refractivity contribution in [2.75, 3.05) is 5.32 Å². The number of aryl methyl sites for hydroxylation is 1. The fraction of sp³-hybridized carbons (Fsp3) is 0.200. The molecule has 0 atom stereocenters. The van der Waals surface area contributed by atoms with E-state index in [1.54, 1.807) is 12.4 Å². The first-order valence-electron chi connectivity index (χ1n) is 4.73. The quantitative estimate of drug-likeness (QED) is 0.880. The van der Waals surface area contributed by atoms with Crippen LogP contribution in [0.1, 0.15) is 11.4 Å². The Morgan fingerprint density at radius 2 is 1.81 bits per heavy atom. The Balaban J connectivity index is 1.97. The van der Waals surface area contributed by atoms with Crippen LogP contribution >= 0.6 is 11.6 Å². The van der Waals surface area contributed by atoms with Crippen molar-refractivity contribution in [1.82, 2.24) is 19.9 Å². The van der Waals surface area contributed by atoms with E-state index in [-0.39, 0.29) is 0 Å². The van der Waals surface area contributed by atoms with Gasteiger partial charge in [-0.15, -0.1) is 0 Å². The monoisotopic (exact) mass is 235 g/mol. The lowest BCUT2D eigenvalue weighted by molar-refractivity contribution is 0.962. The Kier molecular flexibility index (Phi) is 3.26. The summed E-state index contributed by atoms with van der Waals surface area (Å²) in [5.41, 5.74) is 1.73. The molecule has 0 aromatic carbocycles. The Bertz CT molecular complexity index is 408. The van der Waals surface area contributed by atoms with Crippen LogP contribution in [0.25, 0.3) is 0 Å². The number of nitrogens with zero attached hydrogens (tertiary/aromatic N) is 4. The molecule has 0 fully saturated rings. The van der Waals surface area contributed by atoms with Crippen LogP contribution in [0, 0.1) is 6.92 Å². The summed E-state index contributed by atoms with van der Waals surface area (Å²) in [6.45, 7) is 2.43. The molecule has 0 saturated heterocycles. The second-order valence-corrected chi connectivity index (χ2v) is 3.66. The van der Waals surface area contributed by atoms with Gasteiger partial charge in [-0.3, -0.25) is 9.97 Å². The van der Waals surface area contributed by atoms with Gasteiger partial charge in [0.05, 0.1) is 41.5 Å². The van der Waals surface area contributed by atoms with E-state index in [9.17, 15) is 0 Å². The summed E-state index contributed by atoms with van der Waals surface area (Å²) >= 11 is 5.67. The first kappa shape index (κ1) is 10.8. The maximum Gasteiger partial charge on any atom is 0.222 e. The lowest BCUT2D eigenvalue weighted by Gasteiger charge is -2.03. The molecule has 0 aliphatic heterocycles. The Morgan fingerprint density at radius 3 is 2.44 bits per heavy atom. The number of nitrogens with one attached hydrogen (secondary N) is 1. The first-order valence-corrected chi connectivity index (χ1v) is 5.11. The van der Waals surface area contributed by atoms with E-state index in [1.165, 1.54) is 12.4 Å². The summed E-state index contributed by atoms with van der Waals surface area (Å²) in [6.07, 6.45) is 6.52. The molecule has 0 unspecified atom stereocenters. The Morgan fingerprint density at radius 1 is 1.06 bits per heavy atom. The van der Waals surface area contributed by atoms with Crippen LogP contribution in [0.3, 0.4) is 0 Å². The molecule has 0 saturated carbocycles. The third kappa shape index (κ3) is 2.87. The van der Waals surface area contributed by atoms with Gasteiger partial charge in [0.15, 0.2) is 0 Å². The maximum absolute atomic E-state index is 5.67.